The van der Waals surface area contributed by atoms with Crippen LogP contribution in [0.1, 0.15) is 24.9 Å². The topological polar surface area (TPSA) is 212 Å². The molecule has 248 valence electrons. The van der Waals surface area contributed by atoms with E-state index in [4.69, 9.17) is 35.6 Å². The Kier molecular flexibility index (Phi) is 7.38. The van der Waals surface area contributed by atoms with Gasteiger partial charge in [0.1, 0.15) is 35.5 Å². The highest BCUT2D eigenvalue weighted by Crippen LogP contribution is 2.61. The summed E-state index contributed by atoms with van der Waals surface area (Å²) >= 11 is 9.54. The summed E-state index contributed by atoms with van der Waals surface area (Å²) in [7, 11) is 0. The fraction of sp³-hybridized carbons (Fsp3) is 0.440. The van der Waals surface area contributed by atoms with Crippen molar-refractivity contribution in [3.63, 3.8) is 0 Å². The molecule has 3 aliphatic rings. The first-order chi connectivity index (χ1) is 22.4. The van der Waals surface area contributed by atoms with Gasteiger partial charge >= 0.3 is 13.5 Å². The van der Waals surface area contributed by atoms with Crippen molar-refractivity contribution in [3.8, 4) is 0 Å². The minimum absolute atomic E-state index is 0.104. The molecule has 4 N–H and O–H groups in total. The van der Waals surface area contributed by atoms with Gasteiger partial charge in [-0.2, -0.15) is 0 Å². The molecule has 0 spiro atoms. The van der Waals surface area contributed by atoms with Crippen molar-refractivity contribution in [2.75, 3.05) is 18.9 Å². The van der Waals surface area contributed by atoms with E-state index in [9.17, 15) is 14.3 Å². The summed E-state index contributed by atoms with van der Waals surface area (Å²) < 4.78 is 57.5. The van der Waals surface area contributed by atoms with Crippen LogP contribution in [0.5, 0.6) is 0 Å². The zero-order chi connectivity index (χ0) is 32.8. The molecule has 17 nitrogen and oxygen atoms in total. The smallest absolute Gasteiger partial charge is 0.386 e. The van der Waals surface area contributed by atoms with Crippen molar-refractivity contribution < 1.29 is 31.9 Å². The van der Waals surface area contributed by atoms with Gasteiger partial charge in [0.05, 0.1) is 31.9 Å². The normalized spacial score (nSPS) is 35.0. The predicted molar refractivity (Wildman–Crippen MR) is 172 cm³/mol. The average molecular weight is 725 g/mol. The first-order valence-corrected chi connectivity index (χ1v) is 19.7. The molecule has 2 aliphatic carbocycles. The SMILES string of the molecule is C=C1OP(O)(=S)OC[C@H]2C[C@@H](n3cnc4c(N)ncnc43)[C@H](F)[C@@H]2OP(=O)(S)OC[C@H]2C[C@@H](n3cnc4c(=O)n5ccnc5[nH]c43)[C@H]12. The molecule has 5 aromatic heterocycles. The molecule has 8 rings (SSSR count). The number of nitrogen functional groups attached to an aromatic ring is 1. The fourth-order valence-corrected chi connectivity index (χ4v) is 9.75. The number of hydrogen-bond donors (Lipinski definition) is 4. The lowest BCUT2D eigenvalue weighted by molar-refractivity contribution is 0.0262. The van der Waals surface area contributed by atoms with Gasteiger partial charge in [-0.3, -0.25) is 13.8 Å². The Morgan fingerprint density at radius 1 is 1.09 bits per heavy atom. The second-order valence-corrected chi connectivity index (χ2v) is 17.4. The molecule has 0 aromatic carbocycles. The summed E-state index contributed by atoms with van der Waals surface area (Å²) in [5, 5.41) is 0. The van der Waals surface area contributed by atoms with Crippen LogP contribution in [-0.4, -0.2) is 73.8 Å². The van der Waals surface area contributed by atoms with Crippen molar-refractivity contribution in [2.24, 2.45) is 17.8 Å². The lowest BCUT2D eigenvalue weighted by Gasteiger charge is -2.46. The third-order valence-corrected chi connectivity index (χ3v) is 12.2. The summed E-state index contributed by atoms with van der Waals surface area (Å²) in [6.45, 7) is -4.50. The van der Waals surface area contributed by atoms with Crippen LogP contribution in [-0.2, 0) is 34.5 Å². The maximum Gasteiger partial charge on any atom is 0.386 e. The van der Waals surface area contributed by atoms with Crippen LogP contribution in [0.15, 0.2) is 48.5 Å². The minimum atomic E-state index is -4.15. The van der Waals surface area contributed by atoms with Gasteiger partial charge in [-0.1, -0.05) is 18.8 Å². The number of allylic oxidation sites excluding steroid dienone is 1. The summed E-state index contributed by atoms with van der Waals surface area (Å²) in [5.41, 5.74) is 6.80. The molecule has 2 unspecified atom stereocenters. The van der Waals surface area contributed by atoms with E-state index in [1.165, 1.54) is 40.3 Å². The second-order valence-electron chi connectivity index (χ2n) is 11.7. The van der Waals surface area contributed by atoms with Gasteiger partial charge in [0, 0.05) is 42.1 Å². The van der Waals surface area contributed by atoms with Gasteiger partial charge < -0.3 is 33.8 Å². The number of alkyl halides is 1. The van der Waals surface area contributed by atoms with Crippen LogP contribution in [0.4, 0.5) is 10.2 Å². The number of nitrogens with one attached hydrogen (secondary N) is 1. The molecule has 3 fully saturated rings. The summed E-state index contributed by atoms with van der Waals surface area (Å²) in [6, 6.07) is -1.26. The molecule has 9 atom stereocenters. The van der Waals surface area contributed by atoms with Gasteiger partial charge in [-0.15, -0.1) is 0 Å². The van der Waals surface area contributed by atoms with Crippen molar-refractivity contribution in [3.05, 3.63) is 54.1 Å². The van der Waals surface area contributed by atoms with E-state index in [0.29, 0.717) is 29.0 Å². The number of anilines is 1. The number of aromatic nitrogens is 9. The highest BCUT2D eigenvalue weighted by atomic mass is 32.7. The van der Waals surface area contributed by atoms with E-state index in [1.54, 1.807) is 4.57 Å². The van der Waals surface area contributed by atoms with E-state index in [0.717, 1.165) is 0 Å². The van der Waals surface area contributed by atoms with Crippen LogP contribution in [0.25, 0.3) is 28.1 Å². The van der Waals surface area contributed by atoms with Crippen molar-refractivity contribution >= 4 is 71.5 Å². The molecule has 5 aromatic rings. The second kappa shape index (κ2) is 11.2. The first kappa shape index (κ1) is 31.1. The Hall–Kier alpha value is -3.22. The third kappa shape index (κ3) is 5.22. The molecule has 0 radical (unpaired) electrons. The molecule has 22 heteroatoms. The van der Waals surface area contributed by atoms with Crippen LogP contribution in [0.3, 0.4) is 0 Å². The molecule has 47 heavy (non-hydrogen) atoms. The average Bonchev–Trinajstić information content (AvgIpc) is 3.78. The Morgan fingerprint density at radius 2 is 1.83 bits per heavy atom. The number of fused-ring (bicyclic) bond motifs is 5. The van der Waals surface area contributed by atoms with Gasteiger partial charge in [0.25, 0.3) is 5.56 Å². The summed E-state index contributed by atoms with van der Waals surface area (Å²) in [6.07, 6.45) is 4.66. The van der Waals surface area contributed by atoms with Crippen molar-refractivity contribution in [1.82, 2.24) is 43.4 Å². The minimum Gasteiger partial charge on any atom is -0.429 e. The fourth-order valence-electron chi connectivity index (χ4n) is 6.87. The molecule has 0 bridgehead atoms. The van der Waals surface area contributed by atoms with E-state index in [-0.39, 0.29) is 54.2 Å². The highest BCUT2D eigenvalue weighted by Gasteiger charge is 2.52. The van der Waals surface area contributed by atoms with Gasteiger partial charge in [-0.05, 0) is 18.8 Å². The molecular formula is C25H27FN10O7P2S2. The molecule has 0 amide bonds. The lowest BCUT2D eigenvalue weighted by Crippen LogP contribution is -2.42. The number of nitrogens with zero attached hydrogens (tertiary/aromatic N) is 8. The lowest BCUT2D eigenvalue weighted by atomic mass is 9.68. The highest BCUT2D eigenvalue weighted by molar-refractivity contribution is 8.44. The van der Waals surface area contributed by atoms with Crippen LogP contribution < -0.4 is 11.3 Å². The number of halogens is 1. The van der Waals surface area contributed by atoms with Crippen LogP contribution >= 0.6 is 25.8 Å². The van der Waals surface area contributed by atoms with E-state index in [2.05, 4.69) is 48.7 Å². The van der Waals surface area contributed by atoms with Gasteiger partial charge in [0.15, 0.2) is 17.0 Å². The number of hydrogen-bond acceptors (Lipinski definition) is 13. The first-order valence-electron chi connectivity index (χ1n) is 14.4. The summed E-state index contributed by atoms with van der Waals surface area (Å²) in [4.78, 5) is 48.1. The number of nitrogens with two attached hydrogens (primary N) is 1. The molecule has 2 saturated carbocycles. The maximum absolute atomic E-state index is 16.2. The van der Waals surface area contributed by atoms with E-state index >= 15 is 4.39 Å². The third-order valence-electron chi connectivity index (χ3n) is 9.11. The maximum atomic E-state index is 16.2. The van der Waals surface area contributed by atoms with Crippen molar-refractivity contribution in [2.45, 2.75) is 37.2 Å². The number of rotatable bonds is 2. The van der Waals surface area contributed by atoms with Crippen LogP contribution in [0.2, 0.25) is 0 Å². The van der Waals surface area contributed by atoms with Gasteiger partial charge in [0.2, 0.25) is 5.78 Å². The monoisotopic (exact) mass is 724 g/mol. The molecule has 1 saturated heterocycles. The Morgan fingerprint density at radius 3 is 2.66 bits per heavy atom. The molecular weight excluding hydrogens is 697 g/mol. The zero-order valence-corrected chi connectivity index (χ0v) is 27.6. The van der Waals surface area contributed by atoms with E-state index in [1.807, 2.05) is 0 Å². The van der Waals surface area contributed by atoms with Crippen molar-refractivity contribution in [1.29, 1.82) is 0 Å². The number of imidazole rings is 3. The Balaban J connectivity index is 1.08. The van der Waals surface area contributed by atoms with Gasteiger partial charge in [-0.25, -0.2) is 38.3 Å². The largest absolute Gasteiger partial charge is 0.429 e. The molecule has 1 aliphatic heterocycles. The van der Waals surface area contributed by atoms with E-state index < -0.39 is 43.7 Å². The summed E-state index contributed by atoms with van der Waals surface area (Å²) in [5.74, 6) is -1.12. The standard InChI is InChI=1S/C25H27FN10O7P2S2/c1-11-16-12(4-14(16)35-10-32-19-23(35)33-25-28-2-3-34(25)24(19)37)6-40-45(39,47)43-20-13(7-41-44(38,46)42-11)5-15(17(20)26)36-9-31-18-21(27)29-8-30-22(18)36/h2-3,8-10,12-17,20H,1,4-7H2,(H,28,33)(H,38,46)(H,39,47)(H2,27,29,30)/t12-,13-,14-,15-,16-,17+,20-,44?,45?/m1/s1. The van der Waals surface area contributed by atoms with Crippen LogP contribution in [0, 0.1) is 17.8 Å². The number of thiol groups is 1. The molecule has 6 heterocycles. The quantitative estimate of drug-likeness (QED) is 0.152. The Labute approximate surface area is 274 Å². The number of H-pyrrole nitrogens is 1. The number of aromatic amines is 1. The zero-order valence-electron chi connectivity index (χ0n) is 24.1. The Bertz CT molecular complexity index is 2230. The predicted octanol–water partition coefficient (Wildman–Crippen LogP) is 3.09.